The van der Waals surface area contributed by atoms with Crippen molar-refractivity contribution in [1.82, 2.24) is 5.32 Å². The van der Waals surface area contributed by atoms with Crippen molar-refractivity contribution in [3.05, 3.63) is 58.3 Å². The molecule has 0 aliphatic heterocycles. The lowest BCUT2D eigenvalue weighted by molar-refractivity contribution is 0.161. The molecule has 0 spiro atoms. The summed E-state index contributed by atoms with van der Waals surface area (Å²) < 4.78 is 0. The highest BCUT2D eigenvalue weighted by Gasteiger charge is 2.34. The van der Waals surface area contributed by atoms with E-state index in [4.69, 9.17) is 0 Å². The molecule has 3 rings (SSSR count). The number of nitrogens with one attached hydrogen (secondary N) is 1. The number of hydrogen-bond acceptors (Lipinski definition) is 2. The molecule has 1 saturated carbocycles. The first-order valence-electron chi connectivity index (χ1n) is 8.01. The van der Waals surface area contributed by atoms with E-state index in [1.54, 1.807) is 0 Å². The van der Waals surface area contributed by atoms with Crippen molar-refractivity contribution in [2.75, 3.05) is 0 Å². The quantitative estimate of drug-likeness (QED) is 0.797. The minimum absolute atomic E-state index is 0.327. The maximum Gasteiger partial charge on any atom is 0.0673 e. The highest BCUT2D eigenvalue weighted by Crippen LogP contribution is 2.38. The van der Waals surface area contributed by atoms with Gasteiger partial charge in [0.25, 0.3) is 0 Å². The summed E-state index contributed by atoms with van der Waals surface area (Å²) in [6, 6.07) is 16.2. The van der Waals surface area contributed by atoms with Crippen LogP contribution >= 0.6 is 11.3 Å². The van der Waals surface area contributed by atoms with E-state index in [1.165, 1.54) is 36.1 Å². The summed E-state index contributed by atoms with van der Waals surface area (Å²) in [6.07, 6.45) is 5.35. The van der Waals surface area contributed by atoms with Gasteiger partial charge in [0.1, 0.15) is 0 Å². The van der Waals surface area contributed by atoms with E-state index in [0.29, 0.717) is 17.5 Å². The van der Waals surface area contributed by atoms with Gasteiger partial charge in [0, 0.05) is 10.9 Å². The molecule has 2 aromatic rings. The second kappa shape index (κ2) is 6.33. The fourth-order valence-electron chi connectivity index (χ4n) is 3.45. The Hall–Kier alpha value is -1.12. The summed E-state index contributed by atoms with van der Waals surface area (Å²) in [7, 11) is 0. The molecule has 112 valence electrons. The van der Waals surface area contributed by atoms with Crippen LogP contribution in [0.3, 0.4) is 0 Å². The average molecular weight is 299 g/mol. The molecule has 0 bridgehead atoms. The Labute approximate surface area is 132 Å². The second-order valence-electron chi connectivity index (χ2n) is 6.81. The largest absolute Gasteiger partial charge is 0.302 e. The fraction of sp³-hybridized carbons (Fsp3) is 0.474. The van der Waals surface area contributed by atoms with Crippen molar-refractivity contribution in [3.8, 4) is 0 Å². The number of rotatable bonds is 4. The van der Waals surface area contributed by atoms with Crippen LogP contribution in [-0.4, -0.2) is 6.04 Å². The van der Waals surface area contributed by atoms with Crippen molar-refractivity contribution in [3.63, 3.8) is 0 Å². The van der Waals surface area contributed by atoms with E-state index in [2.05, 4.69) is 67.0 Å². The first kappa shape index (κ1) is 14.8. The van der Waals surface area contributed by atoms with Crippen LogP contribution in [0.1, 0.15) is 56.0 Å². The normalized spacial score (nSPS) is 22.9. The lowest BCUT2D eigenvalue weighted by atomic mass is 9.73. The topological polar surface area (TPSA) is 12.0 Å². The van der Waals surface area contributed by atoms with Crippen molar-refractivity contribution >= 4 is 11.3 Å². The van der Waals surface area contributed by atoms with Crippen LogP contribution < -0.4 is 5.32 Å². The summed E-state index contributed by atoms with van der Waals surface area (Å²) >= 11 is 1.85. The van der Waals surface area contributed by atoms with E-state index >= 15 is 0 Å². The SMILES string of the molecule is CC1(C)CCCCC1NC(c1ccccc1)c1cccs1. The summed E-state index contributed by atoms with van der Waals surface area (Å²) in [6.45, 7) is 4.83. The Morgan fingerprint density at radius 2 is 1.90 bits per heavy atom. The molecule has 1 nitrogen and oxygen atoms in total. The summed E-state index contributed by atoms with van der Waals surface area (Å²) in [5, 5.41) is 6.15. The standard InChI is InChI=1S/C19H25NS/c1-19(2)13-7-6-12-17(19)20-18(16-11-8-14-21-16)15-9-4-3-5-10-15/h3-5,8-11,14,17-18,20H,6-7,12-13H2,1-2H3. The van der Waals surface area contributed by atoms with Crippen LogP contribution in [0.5, 0.6) is 0 Å². The average Bonchev–Trinajstić information content (AvgIpc) is 3.01. The van der Waals surface area contributed by atoms with Gasteiger partial charge in [0.05, 0.1) is 6.04 Å². The van der Waals surface area contributed by atoms with Gasteiger partial charge in [-0.2, -0.15) is 0 Å². The molecule has 2 unspecified atom stereocenters. The van der Waals surface area contributed by atoms with Crippen LogP contribution in [0, 0.1) is 5.41 Å². The maximum atomic E-state index is 3.98. The van der Waals surface area contributed by atoms with Gasteiger partial charge in [0.15, 0.2) is 0 Å². The zero-order chi connectivity index (χ0) is 14.7. The minimum atomic E-state index is 0.327. The van der Waals surface area contributed by atoms with Crippen molar-refractivity contribution in [1.29, 1.82) is 0 Å². The lowest BCUT2D eigenvalue weighted by Gasteiger charge is -2.41. The highest BCUT2D eigenvalue weighted by molar-refractivity contribution is 7.10. The molecule has 1 aliphatic carbocycles. The molecule has 0 radical (unpaired) electrons. The molecule has 0 saturated heterocycles. The first-order chi connectivity index (χ1) is 10.2. The molecule has 1 aromatic carbocycles. The molecule has 2 heteroatoms. The summed E-state index contributed by atoms with van der Waals surface area (Å²) in [4.78, 5) is 1.42. The second-order valence-corrected chi connectivity index (χ2v) is 7.79. The Morgan fingerprint density at radius 1 is 1.10 bits per heavy atom. The number of hydrogen-bond donors (Lipinski definition) is 1. The first-order valence-corrected chi connectivity index (χ1v) is 8.89. The Kier molecular flexibility index (Phi) is 4.46. The van der Waals surface area contributed by atoms with Gasteiger partial charge in [-0.05, 0) is 35.3 Å². The van der Waals surface area contributed by atoms with Gasteiger partial charge in [-0.3, -0.25) is 0 Å². The van der Waals surface area contributed by atoms with Crippen LogP contribution in [0.4, 0.5) is 0 Å². The molecule has 21 heavy (non-hydrogen) atoms. The molecule has 1 aromatic heterocycles. The van der Waals surface area contributed by atoms with E-state index < -0.39 is 0 Å². The predicted octanol–water partition coefficient (Wildman–Crippen LogP) is 5.40. The smallest absolute Gasteiger partial charge is 0.0673 e. The van der Waals surface area contributed by atoms with Crippen LogP contribution in [0.15, 0.2) is 47.8 Å². The number of thiophene rings is 1. The van der Waals surface area contributed by atoms with Crippen LogP contribution in [0.2, 0.25) is 0 Å². The third-order valence-electron chi connectivity index (χ3n) is 4.84. The van der Waals surface area contributed by atoms with Crippen LogP contribution in [0.25, 0.3) is 0 Å². The zero-order valence-electron chi connectivity index (χ0n) is 13.0. The van der Waals surface area contributed by atoms with Crippen molar-refractivity contribution in [2.45, 2.75) is 51.6 Å². The zero-order valence-corrected chi connectivity index (χ0v) is 13.8. The van der Waals surface area contributed by atoms with Crippen molar-refractivity contribution in [2.24, 2.45) is 5.41 Å². The minimum Gasteiger partial charge on any atom is -0.302 e. The van der Waals surface area contributed by atoms with E-state index in [-0.39, 0.29) is 0 Å². The van der Waals surface area contributed by atoms with Crippen molar-refractivity contribution < 1.29 is 0 Å². The van der Waals surface area contributed by atoms with Gasteiger partial charge in [0.2, 0.25) is 0 Å². The molecule has 1 aliphatic rings. The molecule has 1 fully saturated rings. The Bertz CT molecular complexity index is 544. The molecule has 1 N–H and O–H groups in total. The molecular weight excluding hydrogens is 274 g/mol. The Balaban J connectivity index is 1.86. The summed E-state index contributed by atoms with van der Waals surface area (Å²) in [5.74, 6) is 0. The molecule has 0 amide bonds. The third-order valence-corrected chi connectivity index (χ3v) is 5.77. The predicted molar refractivity (Wildman–Crippen MR) is 91.8 cm³/mol. The van der Waals surface area contributed by atoms with Gasteiger partial charge in [-0.25, -0.2) is 0 Å². The fourth-order valence-corrected chi connectivity index (χ4v) is 4.26. The van der Waals surface area contributed by atoms with Crippen LogP contribution in [-0.2, 0) is 0 Å². The molecular formula is C19H25NS. The van der Waals surface area contributed by atoms with Gasteiger partial charge < -0.3 is 5.32 Å². The maximum absolute atomic E-state index is 3.98. The van der Waals surface area contributed by atoms with E-state index in [0.717, 1.165) is 0 Å². The van der Waals surface area contributed by atoms with Gasteiger partial charge in [-0.15, -0.1) is 11.3 Å². The van der Waals surface area contributed by atoms with E-state index in [1.807, 2.05) is 11.3 Å². The number of benzene rings is 1. The molecule has 1 heterocycles. The molecule has 2 atom stereocenters. The van der Waals surface area contributed by atoms with Gasteiger partial charge >= 0.3 is 0 Å². The summed E-state index contributed by atoms with van der Waals surface area (Å²) in [5.41, 5.74) is 1.77. The monoisotopic (exact) mass is 299 g/mol. The van der Waals surface area contributed by atoms with Gasteiger partial charge in [-0.1, -0.05) is 63.1 Å². The Morgan fingerprint density at radius 3 is 2.57 bits per heavy atom. The third kappa shape index (κ3) is 3.38. The lowest BCUT2D eigenvalue weighted by Crippen LogP contribution is -2.45. The highest BCUT2D eigenvalue weighted by atomic mass is 32.1. The van der Waals surface area contributed by atoms with E-state index in [9.17, 15) is 0 Å².